The molecule has 2 rings (SSSR count). The van der Waals surface area contributed by atoms with Crippen molar-refractivity contribution in [1.82, 2.24) is 68.5 Å². The van der Waals surface area contributed by atoms with Crippen molar-refractivity contribution in [3.05, 3.63) is 48.0 Å². The van der Waals surface area contributed by atoms with Gasteiger partial charge in [-0.3, -0.25) is 67.1 Å². The number of phenols is 1. The SMILES string of the molecule is CC(C)C[C@H](NC(=O)[C@H](Cc1ccc(O)cc1)NC(=O)[C@H](CO)NC(=O)[C@@H](NC(=O)[C@H](CC(=O)O)NC(=O)[C@H](CCCCN)NC(=O)[C@H](Cc1c[nH]cn1)NC(=O)[C@H](C)NC(=O)[C@H](CCC(=O)O)NC(=O)[C@H](CCC(N)=O)NC(=O)[C@H](CO)NC(=O)[C@@H](N)[C@@H](C)O)C(C)C)C(=O)O. The van der Waals surface area contributed by atoms with Gasteiger partial charge < -0.3 is 116 Å². The largest absolute Gasteiger partial charge is 0.508 e. The molecule has 0 bridgehead atoms. The number of carbonyl (C=O) groups is 15. The number of H-pyrrole nitrogens is 1. The molecular weight excluding hydrogens is 1280 g/mol. The van der Waals surface area contributed by atoms with E-state index in [0.29, 0.717) is 5.56 Å². The zero-order valence-corrected chi connectivity index (χ0v) is 54.5. The summed E-state index contributed by atoms with van der Waals surface area (Å²) in [4.78, 5) is 206. The van der Waals surface area contributed by atoms with Crippen molar-refractivity contribution in [2.24, 2.45) is 29.0 Å². The minimum absolute atomic E-state index is 0.00708. The maximum absolute atomic E-state index is 14.3. The number of carboxylic acid groups (broad SMARTS) is 3. The van der Waals surface area contributed by atoms with Gasteiger partial charge in [0.05, 0.1) is 37.8 Å². The molecule has 1 aromatic heterocycles. The smallest absolute Gasteiger partial charge is 0.326 e. The summed E-state index contributed by atoms with van der Waals surface area (Å²) < 4.78 is 0. The van der Waals surface area contributed by atoms with Crippen molar-refractivity contribution in [1.29, 1.82) is 0 Å². The van der Waals surface area contributed by atoms with Crippen molar-refractivity contribution >= 4 is 88.8 Å². The van der Waals surface area contributed by atoms with Gasteiger partial charge in [0.2, 0.25) is 70.9 Å². The summed E-state index contributed by atoms with van der Waals surface area (Å²) in [5.41, 5.74) is 17.2. The van der Waals surface area contributed by atoms with Crippen molar-refractivity contribution in [3.63, 3.8) is 0 Å². The number of aliphatic hydroxyl groups excluding tert-OH is 3. The van der Waals surface area contributed by atoms with Crippen molar-refractivity contribution in [2.45, 2.75) is 191 Å². The van der Waals surface area contributed by atoms with Gasteiger partial charge in [0.25, 0.3) is 0 Å². The molecule has 38 nitrogen and oxygen atoms in total. The van der Waals surface area contributed by atoms with Crippen LogP contribution in [-0.4, -0.2) is 233 Å². The number of primary amides is 1. The van der Waals surface area contributed by atoms with Crippen molar-refractivity contribution < 1.29 is 108 Å². The van der Waals surface area contributed by atoms with E-state index < -0.39 is 225 Å². The van der Waals surface area contributed by atoms with Crippen LogP contribution in [0.25, 0.3) is 0 Å². The Morgan fingerprint density at radius 3 is 1.41 bits per heavy atom. The Morgan fingerprint density at radius 1 is 0.505 bits per heavy atom. The number of aromatic hydroxyl groups is 1. The van der Waals surface area contributed by atoms with E-state index in [-0.39, 0.29) is 56.0 Å². The van der Waals surface area contributed by atoms with E-state index in [2.05, 4.69) is 68.5 Å². The number of imidazole rings is 1. The lowest BCUT2D eigenvalue weighted by molar-refractivity contribution is -0.143. The van der Waals surface area contributed by atoms with Gasteiger partial charge in [0, 0.05) is 31.9 Å². The number of carbonyl (C=O) groups excluding carboxylic acids is 12. The standard InChI is InChI=1S/C59H92N16O22/c1-27(2)19-40(59(96)97)72-52(89)37(20-31-10-12-33(79)13-11-31)70-56(93)42(25-77)74-58(95)47(28(3)4)75-54(91)39(22-45(83)84)71-50(87)34(9-7-8-18-60)66-53(90)38(21-32-23-63-26-64-32)69-48(85)29(5)65-49(86)36(15-17-44(81)82)67-51(88)35(14-16-43(61)80)68-55(92)41(24-76)73-57(94)46(62)30(6)78/h10-13,23,26-30,34-42,46-47,76-79H,7-9,14-22,24-25,60,62H2,1-6H3,(H2,61,80)(H,63,64)(H,65,86)(H,66,90)(H,67,88)(H,68,92)(H,69,85)(H,70,93)(H,71,87)(H,72,89)(H,73,94)(H,74,95)(H,75,91)(H,81,82)(H,83,84)(H,96,97)/t29-,30+,34-,35-,36-,37-,38-,39-,40-,41-,42-,46-,47-/m0/s1. The fraction of sp³-hybridized carbons (Fsp3) is 0.593. The minimum Gasteiger partial charge on any atom is -0.508 e. The zero-order chi connectivity index (χ0) is 73.4. The molecular formula is C59H92N16O22. The third kappa shape index (κ3) is 30.1. The average Bonchev–Trinajstić information content (AvgIpc) is 1.02. The Kier molecular flexibility index (Phi) is 35.8. The Bertz CT molecular complexity index is 3020. The summed E-state index contributed by atoms with van der Waals surface area (Å²) in [5, 5.41) is 94.4. The fourth-order valence-electron chi connectivity index (χ4n) is 9.06. The van der Waals surface area contributed by atoms with Gasteiger partial charge in [-0.25, -0.2) is 9.78 Å². The number of amides is 12. The van der Waals surface area contributed by atoms with Gasteiger partial charge in [-0.1, -0.05) is 39.8 Å². The molecule has 0 fully saturated rings. The lowest BCUT2D eigenvalue weighted by Crippen LogP contribution is -2.62. The maximum Gasteiger partial charge on any atom is 0.326 e. The highest BCUT2D eigenvalue weighted by molar-refractivity contribution is 6.00. The number of rotatable bonds is 45. The number of aliphatic hydroxyl groups is 3. The van der Waals surface area contributed by atoms with Gasteiger partial charge in [0.1, 0.15) is 78.3 Å². The molecule has 0 spiro atoms. The van der Waals surface area contributed by atoms with Crippen LogP contribution in [-0.2, 0) is 84.8 Å². The van der Waals surface area contributed by atoms with E-state index in [1.807, 2.05) is 0 Å². The van der Waals surface area contributed by atoms with Gasteiger partial charge in [-0.15, -0.1) is 0 Å². The number of nitrogens with zero attached hydrogens (tertiary/aromatic N) is 1. The average molecular weight is 1380 g/mol. The summed E-state index contributed by atoms with van der Waals surface area (Å²) in [6, 6.07) is -14.7. The Balaban J connectivity index is 2.42. The van der Waals surface area contributed by atoms with Crippen LogP contribution in [0.2, 0.25) is 0 Å². The molecule has 0 aliphatic heterocycles. The molecule has 13 atom stereocenters. The summed E-state index contributed by atoms with van der Waals surface area (Å²) in [6.07, 6.45) is -2.97. The molecule has 12 amide bonds. The number of carboxylic acids is 3. The first kappa shape index (κ1) is 83.2. The summed E-state index contributed by atoms with van der Waals surface area (Å²) in [6.45, 7) is 6.54. The molecule has 0 unspecified atom stereocenters. The van der Waals surface area contributed by atoms with Crippen molar-refractivity contribution in [3.8, 4) is 5.75 Å². The Morgan fingerprint density at radius 2 is 0.948 bits per heavy atom. The molecule has 2 aromatic rings. The molecule has 1 aromatic carbocycles. The predicted octanol–water partition coefficient (Wildman–Crippen LogP) is -7.53. The minimum atomic E-state index is -2.00. The van der Waals surface area contributed by atoms with Crippen LogP contribution < -0.4 is 75.7 Å². The Hall–Kier alpha value is -9.92. The van der Waals surface area contributed by atoms with E-state index in [1.54, 1.807) is 13.8 Å². The first-order chi connectivity index (χ1) is 45.5. The molecule has 0 radical (unpaired) electrons. The van der Waals surface area contributed by atoms with Crippen molar-refractivity contribution in [2.75, 3.05) is 19.8 Å². The molecule has 0 aliphatic rings. The second kappa shape index (κ2) is 41.8. The molecule has 97 heavy (non-hydrogen) atoms. The lowest BCUT2D eigenvalue weighted by Gasteiger charge is -2.28. The number of aromatic nitrogens is 2. The molecule has 0 saturated carbocycles. The van der Waals surface area contributed by atoms with Crippen LogP contribution in [0.1, 0.15) is 111 Å². The third-order valence-electron chi connectivity index (χ3n) is 14.6. The number of phenolic OH excluding ortho intramolecular Hbond substituents is 1. The molecule has 0 aliphatic carbocycles. The van der Waals surface area contributed by atoms with E-state index in [1.165, 1.54) is 57.6 Å². The van der Waals surface area contributed by atoms with Gasteiger partial charge in [-0.2, -0.15) is 0 Å². The van der Waals surface area contributed by atoms with Gasteiger partial charge in [0.15, 0.2) is 0 Å². The number of hydrogen-bond acceptors (Lipinski definition) is 22. The van der Waals surface area contributed by atoms with Gasteiger partial charge in [-0.05, 0) is 88.4 Å². The molecule has 1 heterocycles. The highest BCUT2D eigenvalue weighted by Crippen LogP contribution is 2.15. The summed E-state index contributed by atoms with van der Waals surface area (Å²) in [7, 11) is 0. The first-order valence-corrected chi connectivity index (χ1v) is 30.9. The number of nitrogens with two attached hydrogens (primary N) is 3. The first-order valence-electron chi connectivity index (χ1n) is 30.9. The second-order valence-electron chi connectivity index (χ2n) is 23.6. The monoisotopic (exact) mass is 1380 g/mol. The Labute approximate surface area is 556 Å². The maximum atomic E-state index is 14.3. The molecule has 38 heteroatoms. The molecule has 540 valence electrons. The number of benzene rings is 1. The lowest BCUT2D eigenvalue weighted by atomic mass is 10.0. The number of hydrogen-bond donors (Lipinski definition) is 22. The molecule has 25 N–H and O–H groups in total. The topological polar surface area (TPSA) is 637 Å². The van der Waals surface area contributed by atoms with E-state index >= 15 is 0 Å². The van der Waals surface area contributed by atoms with Crippen LogP contribution in [0, 0.1) is 11.8 Å². The highest BCUT2D eigenvalue weighted by atomic mass is 16.4. The summed E-state index contributed by atoms with van der Waals surface area (Å²) >= 11 is 0. The molecule has 0 saturated heterocycles. The normalized spacial score (nSPS) is 15.2. The second-order valence-corrected chi connectivity index (χ2v) is 23.6. The number of unbranched alkanes of at least 4 members (excludes halogenated alkanes) is 1. The highest BCUT2D eigenvalue weighted by Gasteiger charge is 2.38. The van der Waals surface area contributed by atoms with E-state index in [9.17, 15) is 108 Å². The number of aromatic amines is 1. The van der Waals surface area contributed by atoms with Gasteiger partial charge >= 0.3 is 17.9 Å². The van der Waals surface area contributed by atoms with Crippen LogP contribution >= 0.6 is 0 Å². The van der Waals surface area contributed by atoms with E-state index in [0.717, 1.165) is 6.92 Å². The number of nitrogens with one attached hydrogen (secondary N) is 12. The van der Waals surface area contributed by atoms with Crippen LogP contribution in [0.3, 0.4) is 0 Å². The van der Waals surface area contributed by atoms with Crippen LogP contribution in [0.4, 0.5) is 0 Å². The van der Waals surface area contributed by atoms with Crippen LogP contribution in [0.5, 0.6) is 5.75 Å². The van der Waals surface area contributed by atoms with E-state index in [4.69, 9.17) is 17.2 Å². The fourth-order valence-corrected chi connectivity index (χ4v) is 9.06. The quantitative estimate of drug-likeness (QED) is 0.0274. The third-order valence-corrected chi connectivity index (χ3v) is 14.6. The zero-order valence-electron chi connectivity index (χ0n) is 54.5. The van der Waals surface area contributed by atoms with Crippen LogP contribution in [0.15, 0.2) is 36.8 Å². The predicted molar refractivity (Wildman–Crippen MR) is 337 cm³/mol. The number of aliphatic carboxylic acids is 3. The summed E-state index contributed by atoms with van der Waals surface area (Å²) in [5.74, 6) is -19.1.